The van der Waals surface area contributed by atoms with Gasteiger partial charge in [0.1, 0.15) is 5.75 Å². The average Bonchev–Trinajstić information content (AvgIpc) is 3.13. The first kappa shape index (κ1) is 19.0. The summed E-state index contributed by atoms with van der Waals surface area (Å²) in [7, 11) is -0.0869. The lowest BCUT2D eigenvalue weighted by Gasteiger charge is -2.12. The van der Waals surface area contributed by atoms with Crippen molar-refractivity contribution >= 4 is 8.25 Å². The monoisotopic (exact) mass is 389 g/mol. The van der Waals surface area contributed by atoms with Crippen molar-refractivity contribution in [2.24, 2.45) is 0 Å². The number of nitrogens with zero attached hydrogens (tertiary/aromatic N) is 1. The van der Waals surface area contributed by atoms with Crippen LogP contribution < -0.4 is 14.0 Å². The molecular weight excluding hydrogens is 369 g/mol. The summed E-state index contributed by atoms with van der Waals surface area (Å²) in [5, 5.41) is 3.92. The van der Waals surface area contributed by atoms with Crippen LogP contribution in [0.5, 0.6) is 17.2 Å². The number of rotatable bonds is 6. The second-order valence-electron chi connectivity index (χ2n) is 5.92. The molecule has 0 aliphatic heterocycles. The average molecular weight is 389 g/mol. The molecule has 142 valence electrons. The van der Waals surface area contributed by atoms with Crippen molar-refractivity contribution in [3.8, 4) is 39.7 Å². The first-order chi connectivity index (χ1) is 12.9. The first-order valence-corrected chi connectivity index (χ1v) is 9.40. The highest BCUT2D eigenvalue weighted by molar-refractivity contribution is 7.32. The Labute approximate surface area is 157 Å². The van der Waals surface area contributed by atoms with Crippen molar-refractivity contribution in [2.75, 3.05) is 14.2 Å². The van der Waals surface area contributed by atoms with Crippen molar-refractivity contribution in [1.82, 2.24) is 5.16 Å². The molecule has 0 radical (unpaired) electrons. The lowest BCUT2D eigenvalue weighted by Crippen LogP contribution is -1.92. The Balaban J connectivity index is 2.11. The van der Waals surface area contributed by atoms with Gasteiger partial charge in [-0.2, -0.15) is 0 Å². The molecule has 0 aliphatic rings. The molecule has 0 saturated carbocycles. The molecule has 1 atom stereocenters. The zero-order valence-corrected chi connectivity index (χ0v) is 16.4. The van der Waals surface area contributed by atoms with Crippen LogP contribution in [-0.2, 0) is 4.57 Å². The molecule has 1 N–H and O–H groups in total. The summed E-state index contributed by atoms with van der Waals surface area (Å²) < 4.78 is 32.2. The summed E-state index contributed by atoms with van der Waals surface area (Å²) in [6.45, 7) is 3.99. The van der Waals surface area contributed by atoms with E-state index in [0.717, 1.165) is 22.4 Å². The van der Waals surface area contributed by atoms with E-state index in [9.17, 15) is 4.57 Å². The van der Waals surface area contributed by atoms with Crippen LogP contribution in [-0.4, -0.2) is 24.3 Å². The van der Waals surface area contributed by atoms with Crippen LogP contribution in [0, 0.1) is 13.8 Å². The molecule has 3 aromatic rings. The number of methoxy groups -OCH3 is 2. The van der Waals surface area contributed by atoms with Gasteiger partial charge in [-0.25, -0.2) is 4.57 Å². The number of benzene rings is 2. The van der Waals surface area contributed by atoms with Crippen LogP contribution in [0.25, 0.3) is 22.5 Å². The van der Waals surface area contributed by atoms with E-state index in [4.69, 9.17) is 23.4 Å². The van der Waals surface area contributed by atoms with Crippen molar-refractivity contribution in [1.29, 1.82) is 0 Å². The summed E-state index contributed by atoms with van der Waals surface area (Å²) in [6, 6.07) is 8.96. The predicted octanol–water partition coefficient (Wildman–Crippen LogP) is 4.40. The molecule has 7 nitrogen and oxygen atoms in total. The highest BCUT2D eigenvalue weighted by atomic mass is 31.1. The molecule has 1 aromatic heterocycles. The fourth-order valence-electron chi connectivity index (χ4n) is 2.84. The molecule has 2 aromatic carbocycles. The molecule has 0 spiro atoms. The van der Waals surface area contributed by atoms with E-state index in [-0.39, 0.29) is 5.75 Å². The molecule has 8 heteroatoms. The van der Waals surface area contributed by atoms with E-state index < -0.39 is 8.25 Å². The number of aromatic nitrogens is 1. The quantitative estimate of drug-likeness (QED) is 0.625. The van der Waals surface area contributed by atoms with Crippen LogP contribution in [0.1, 0.15) is 11.1 Å². The van der Waals surface area contributed by atoms with Crippen molar-refractivity contribution in [3.63, 3.8) is 0 Å². The SMILES string of the molecule is COc1ccc(-c2cnoc2-c2cc(C)c(C)c(OC)c2)cc1O[PH](=O)O. The summed E-state index contributed by atoms with van der Waals surface area (Å²) in [5.74, 6) is 1.84. The van der Waals surface area contributed by atoms with Crippen LogP contribution in [0.4, 0.5) is 0 Å². The van der Waals surface area contributed by atoms with E-state index in [2.05, 4.69) is 5.16 Å². The second-order valence-corrected chi connectivity index (χ2v) is 6.66. The van der Waals surface area contributed by atoms with Gasteiger partial charge in [-0.3, -0.25) is 0 Å². The lowest BCUT2D eigenvalue weighted by atomic mass is 9.98. The van der Waals surface area contributed by atoms with Gasteiger partial charge in [0.05, 0.1) is 20.4 Å². The minimum Gasteiger partial charge on any atom is -0.496 e. The maximum absolute atomic E-state index is 11.1. The van der Waals surface area contributed by atoms with Gasteiger partial charge in [-0.15, -0.1) is 0 Å². The smallest absolute Gasteiger partial charge is 0.365 e. The topological polar surface area (TPSA) is 91.0 Å². The van der Waals surface area contributed by atoms with Crippen molar-refractivity contribution in [3.05, 3.63) is 47.7 Å². The second kappa shape index (κ2) is 7.86. The number of ether oxygens (including phenoxy) is 2. The Morgan fingerprint density at radius 2 is 1.70 bits per heavy atom. The first-order valence-electron chi connectivity index (χ1n) is 8.14. The molecule has 0 bridgehead atoms. The third-order valence-corrected chi connectivity index (χ3v) is 4.74. The van der Waals surface area contributed by atoms with E-state index in [1.807, 2.05) is 26.0 Å². The van der Waals surface area contributed by atoms with E-state index >= 15 is 0 Å². The van der Waals surface area contributed by atoms with Gasteiger partial charge in [0, 0.05) is 11.1 Å². The van der Waals surface area contributed by atoms with Crippen LogP contribution >= 0.6 is 8.25 Å². The fourth-order valence-corrected chi connectivity index (χ4v) is 3.19. The molecule has 0 aliphatic carbocycles. The summed E-state index contributed by atoms with van der Waals surface area (Å²) in [6.07, 6.45) is 1.59. The van der Waals surface area contributed by atoms with Gasteiger partial charge in [-0.1, -0.05) is 11.2 Å². The molecule has 27 heavy (non-hydrogen) atoms. The zero-order chi connectivity index (χ0) is 19.6. The fraction of sp³-hybridized carbons (Fsp3) is 0.211. The largest absolute Gasteiger partial charge is 0.496 e. The molecule has 0 saturated heterocycles. The third kappa shape index (κ3) is 3.84. The van der Waals surface area contributed by atoms with Gasteiger partial charge in [0.15, 0.2) is 17.3 Å². The Hall–Kier alpha value is -2.76. The van der Waals surface area contributed by atoms with Crippen LogP contribution in [0.2, 0.25) is 0 Å². The van der Waals surface area contributed by atoms with Gasteiger partial charge >= 0.3 is 8.25 Å². The van der Waals surface area contributed by atoms with Crippen molar-refractivity contribution in [2.45, 2.75) is 13.8 Å². The molecule has 0 fully saturated rings. The van der Waals surface area contributed by atoms with Crippen LogP contribution in [0.15, 0.2) is 41.1 Å². The number of aryl methyl sites for hydroxylation is 1. The number of hydrogen-bond donors (Lipinski definition) is 1. The highest BCUT2D eigenvalue weighted by Gasteiger charge is 2.18. The Bertz CT molecular complexity index is 998. The standard InChI is InChI=1S/C19H20NO6P/c1-11-7-14(9-17(24-4)12(11)2)19-15(10-20-25-19)13-5-6-16(23-3)18(8-13)26-27(21)22/h5-10,27H,1-4H3,(H,21,22). The minimum absolute atomic E-state index is 0.172. The van der Waals surface area contributed by atoms with E-state index in [0.29, 0.717) is 22.6 Å². The molecule has 1 unspecified atom stereocenters. The summed E-state index contributed by atoms with van der Waals surface area (Å²) in [5.41, 5.74) is 4.35. The van der Waals surface area contributed by atoms with Crippen molar-refractivity contribution < 1.29 is 28.0 Å². The van der Waals surface area contributed by atoms with E-state index in [1.54, 1.807) is 31.5 Å². The summed E-state index contributed by atoms with van der Waals surface area (Å²) >= 11 is 0. The minimum atomic E-state index is -3.17. The maximum atomic E-state index is 11.1. The van der Waals surface area contributed by atoms with E-state index in [1.165, 1.54) is 7.11 Å². The van der Waals surface area contributed by atoms with Gasteiger partial charge in [0.25, 0.3) is 0 Å². The lowest BCUT2D eigenvalue weighted by molar-refractivity contribution is 0.372. The van der Waals surface area contributed by atoms with Crippen LogP contribution in [0.3, 0.4) is 0 Å². The molecule has 0 amide bonds. The maximum Gasteiger partial charge on any atom is 0.365 e. The normalized spacial score (nSPS) is 11.9. The Morgan fingerprint density at radius 3 is 2.37 bits per heavy atom. The third-order valence-electron chi connectivity index (χ3n) is 4.34. The summed E-state index contributed by atoms with van der Waals surface area (Å²) in [4.78, 5) is 9.12. The van der Waals surface area contributed by atoms with Gasteiger partial charge < -0.3 is 23.4 Å². The Kier molecular flexibility index (Phi) is 5.54. The predicted molar refractivity (Wildman–Crippen MR) is 102 cm³/mol. The van der Waals surface area contributed by atoms with Gasteiger partial charge in [0.2, 0.25) is 0 Å². The highest BCUT2D eigenvalue weighted by Crippen LogP contribution is 2.40. The zero-order valence-electron chi connectivity index (χ0n) is 15.4. The Morgan fingerprint density at radius 1 is 1.00 bits per heavy atom. The molecule has 1 heterocycles. The van der Waals surface area contributed by atoms with Gasteiger partial charge in [-0.05, 0) is 54.8 Å². The molecular formula is C19H20NO6P. The molecule has 3 rings (SSSR count). The number of hydrogen-bond acceptors (Lipinski definition) is 6.